The fraction of sp³-hybridized carbons (Fsp3) is 0.269. The number of carbonyl (C=O) groups is 2. The summed E-state index contributed by atoms with van der Waals surface area (Å²) in [5.41, 5.74) is 2.74. The van der Waals surface area contributed by atoms with Gasteiger partial charge >= 0.3 is 0 Å². The summed E-state index contributed by atoms with van der Waals surface area (Å²) in [5, 5.41) is 9.04. The number of anilines is 3. The van der Waals surface area contributed by atoms with Crippen LogP contribution in [0.5, 0.6) is 0 Å². The molecule has 8 nitrogen and oxygen atoms in total. The van der Waals surface area contributed by atoms with Crippen LogP contribution in [0.4, 0.5) is 17.2 Å². The molecule has 0 unspecified atom stereocenters. The lowest BCUT2D eigenvalue weighted by atomic mass is 10.1. The van der Waals surface area contributed by atoms with Crippen molar-refractivity contribution in [1.29, 1.82) is 0 Å². The predicted molar refractivity (Wildman–Crippen MR) is 133 cm³/mol. The van der Waals surface area contributed by atoms with Crippen molar-refractivity contribution in [2.24, 2.45) is 0 Å². The van der Waals surface area contributed by atoms with E-state index >= 15 is 0 Å². The van der Waals surface area contributed by atoms with Crippen LogP contribution in [0.15, 0.2) is 72.9 Å². The minimum Gasteiger partial charge on any atom is -0.379 e. The third-order valence-corrected chi connectivity index (χ3v) is 5.51. The van der Waals surface area contributed by atoms with E-state index in [0.717, 1.165) is 50.6 Å². The number of hydrogen-bond donors (Lipinski definition) is 3. The van der Waals surface area contributed by atoms with Gasteiger partial charge in [0.15, 0.2) is 0 Å². The average molecular weight is 460 g/mol. The number of amides is 2. The van der Waals surface area contributed by atoms with Crippen molar-refractivity contribution in [3.05, 3.63) is 84.1 Å². The molecule has 0 aliphatic carbocycles. The number of benzene rings is 2. The molecule has 1 aromatic heterocycles. The molecule has 176 valence electrons. The minimum atomic E-state index is -0.225. The van der Waals surface area contributed by atoms with E-state index < -0.39 is 0 Å². The highest BCUT2D eigenvalue weighted by molar-refractivity contribution is 6.04. The fourth-order valence-electron chi connectivity index (χ4n) is 3.67. The Kier molecular flexibility index (Phi) is 8.21. The summed E-state index contributed by atoms with van der Waals surface area (Å²) in [6, 6.07) is 19.8. The largest absolute Gasteiger partial charge is 0.379 e. The zero-order valence-electron chi connectivity index (χ0n) is 19.0. The molecule has 2 amide bonds. The van der Waals surface area contributed by atoms with Gasteiger partial charge in [-0.05, 0) is 67.6 Å². The lowest BCUT2D eigenvalue weighted by Crippen LogP contribution is -2.38. The molecule has 4 rings (SSSR count). The second-order valence-corrected chi connectivity index (χ2v) is 8.02. The molecule has 8 heteroatoms. The molecule has 3 aromatic rings. The maximum atomic E-state index is 12.5. The van der Waals surface area contributed by atoms with Crippen molar-refractivity contribution in [3.63, 3.8) is 0 Å². The van der Waals surface area contributed by atoms with Gasteiger partial charge in [-0.3, -0.25) is 14.5 Å². The van der Waals surface area contributed by atoms with Gasteiger partial charge in [0.1, 0.15) is 5.82 Å². The number of ether oxygens (including phenoxy) is 1. The van der Waals surface area contributed by atoms with Crippen LogP contribution in [0.3, 0.4) is 0 Å². The standard InChI is InChI=1S/C26H29N5O3/c32-25(28-13-4-14-31-15-17-34-18-16-31)21-5-3-6-23(19-21)29-22-10-8-20(9-11-22)26(33)30-24-7-1-2-12-27-24/h1-3,5-12,19,29H,4,13-18H2,(H,28,32)(H,27,30,33). The molecule has 1 aliphatic heterocycles. The van der Waals surface area contributed by atoms with Gasteiger partial charge in [0.05, 0.1) is 13.2 Å². The van der Waals surface area contributed by atoms with E-state index in [1.807, 2.05) is 36.4 Å². The SMILES string of the molecule is O=C(NCCCN1CCOCC1)c1cccc(Nc2ccc(C(=O)Nc3ccccn3)cc2)c1. The van der Waals surface area contributed by atoms with E-state index in [0.29, 0.717) is 23.5 Å². The topological polar surface area (TPSA) is 95.6 Å². The molecule has 1 aliphatic rings. The summed E-state index contributed by atoms with van der Waals surface area (Å²) < 4.78 is 5.36. The van der Waals surface area contributed by atoms with Gasteiger partial charge in [-0.2, -0.15) is 0 Å². The summed E-state index contributed by atoms with van der Waals surface area (Å²) >= 11 is 0. The predicted octanol–water partition coefficient (Wildman–Crippen LogP) is 3.53. The van der Waals surface area contributed by atoms with Gasteiger partial charge in [-0.15, -0.1) is 0 Å². The van der Waals surface area contributed by atoms with Crippen LogP contribution in [0.2, 0.25) is 0 Å². The van der Waals surface area contributed by atoms with E-state index in [9.17, 15) is 9.59 Å². The molecule has 1 saturated heterocycles. The third kappa shape index (κ3) is 6.87. The Morgan fingerprint density at radius 1 is 0.882 bits per heavy atom. The number of aromatic nitrogens is 1. The number of morpholine rings is 1. The Bertz CT molecular complexity index is 1080. The van der Waals surface area contributed by atoms with Crippen LogP contribution >= 0.6 is 0 Å². The number of hydrogen-bond acceptors (Lipinski definition) is 6. The average Bonchev–Trinajstić information content (AvgIpc) is 2.88. The van der Waals surface area contributed by atoms with Gasteiger partial charge < -0.3 is 20.7 Å². The molecule has 3 N–H and O–H groups in total. The highest BCUT2D eigenvalue weighted by Crippen LogP contribution is 2.19. The van der Waals surface area contributed by atoms with Crippen LogP contribution in [0.25, 0.3) is 0 Å². The maximum Gasteiger partial charge on any atom is 0.256 e. The second-order valence-electron chi connectivity index (χ2n) is 8.02. The minimum absolute atomic E-state index is 0.0906. The second kappa shape index (κ2) is 11.9. The summed E-state index contributed by atoms with van der Waals surface area (Å²) in [5.74, 6) is 0.190. The normalized spacial score (nSPS) is 13.8. The van der Waals surface area contributed by atoms with Crippen molar-refractivity contribution >= 4 is 29.0 Å². The first-order valence-electron chi connectivity index (χ1n) is 11.5. The first-order valence-corrected chi connectivity index (χ1v) is 11.5. The summed E-state index contributed by atoms with van der Waals surface area (Å²) in [6.45, 7) is 5.08. The van der Waals surface area contributed by atoms with Crippen LogP contribution in [-0.4, -0.2) is 61.1 Å². The quantitative estimate of drug-likeness (QED) is 0.424. The molecule has 2 aromatic carbocycles. The summed E-state index contributed by atoms with van der Waals surface area (Å²) in [7, 11) is 0. The van der Waals surface area contributed by atoms with E-state index in [1.165, 1.54) is 0 Å². The molecule has 1 fully saturated rings. The van der Waals surface area contributed by atoms with Gasteiger partial charge in [0.2, 0.25) is 0 Å². The van der Waals surface area contributed by atoms with E-state index in [1.54, 1.807) is 36.5 Å². The monoisotopic (exact) mass is 459 g/mol. The molecular formula is C26H29N5O3. The summed E-state index contributed by atoms with van der Waals surface area (Å²) in [4.78, 5) is 31.4. The van der Waals surface area contributed by atoms with Crippen LogP contribution < -0.4 is 16.0 Å². The molecular weight excluding hydrogens is 430 g/mol. The highest BCUT2D eigenvalue weighted by atomic mass is 16.5. The number of rotatable bonds is 9. The maximum absolute atomic E-state index is 12.5. The first-order chi connectivity index (χ1) is 16.7. The van der Waals surface area contributed by atoms with Gasteiger partial charge in [0, 0.05) is 48.3 Å². The van der Waals surface area contributed by atoms with Crippen molar-refractivity contribution in [2.75, 3.05) is 50.0 Å². The van der Waals surface area contributed by atoms with E-state index in [4.69, 9.17) is 4.74 Å². The Morgan fingerprint density at radius 3 is 2.47 bits per heavy atom. The Morgan fingerprint density at radius 2 is 1.71 bits per heavy atom. The molecule has 0 spiro atoms. The number of nitrogens with one attached hydrogen (secondary N) is 3. The fourth-order valence-corrected chi connectivity index (χ4v) is 3.67. The number of nitrogens with zero attached hydrogens (tertiary/aromatic N) is 2. The van der Waals surface area contributed by atoms with Gasteiger partial charge in [-0.1, -0.05) is 12.1 Å². The lowest BCUT2D eigenvalue weighted by molar-refractivity contribution is 0.0374. The number of pyridine rings is 1. The molecule has 34 heavy (non-hydrogen) atoms. The molecule has 0 saturated carbocycles. The van der Waals surface area contributed by atoms with Crippen molar-refractivity contribution < 1.29 is 14.3 Å². The Labute approximate surface area is 199 Å². The van der Waals surface area contributed by atoms with Crippen LogP contribution in [-0.2, 0) is 4.74 Å². The van der Waals surface area contributed by atoms with Crippen molar-refractivity contribution in [3.8, 4) is 0 Å². The third-order valence-electron chi connectivity index (χ3n) is 5.51. The molecule has 0 bridgehead atoms. The Hall–Kier alpha value is -3.75. The Balaban J connectivity index is 1.26. The molecule has 0 radical (unpaired) electrons. The smallest absolute Gasteiger partial charge is 0.256 e. The van der Waals surface area contributed by atoms with E-state index in [-0.39, 0.29) is 11.8 Å². The van der Waals surface area contributed by atoms with Crippen molar-refractivity contribution in [1.82, 2.24) is 15.2 Å². The van der Waals surface area contributed by atoms with Crippen LogP contribution in [0.1, 0.15) is 27.1 Å². The van der Waals surface area contributed by atoms with Gasteiger partial charge in [0.25, 0.3) is 11.8 Å². The van der Waals surface area contributed by atoms with Crippen LogP contribution in [0, 0.1) is 0 Å². The zero-order valence-corrected chi connectivity index (χ0v) is 19.0. The number of carbonyl (C=O) groups excluding carboxylic acids is 2. The molecule has 0 atom stereocenters. The summed E-state index contributed by atoms with van der Waals surface area (Å²) in [6.07, 6.45) is 2.53. The zero-order chi connectivity index (χ0) is 23.6. The van der Waals surface area contributed by atoms with E-state index in [2.05, 4.69) is 25.8 Å². The molecule has 2 heterocycles. The lowest BCUT2D eigenvalue weighted by Gasteiger charge is -2.26. The van der Waals surface area contributed by atoms with Crippen molar-refractivity contribution in [2.45, 2.75) is 6.42 Å². The van der Waals surface area contributed by atoms with Gasteiger partial charge in [-0.25, -0.2) is 4.98 Å². The highest BCUT2D eigenvalue weighted by Gasteiger charge is 2.11. The first kappa shape index (κ1) is 23.4.